The highest BCUT2D eigenvalue weighted by Crippen LogP contribution is 2.36. The highest BCUT2D eigenvalue weighted by Gasteiger charge is 2.30. The van der Waals surface area contributed by atoms with Crippen LogP contribution in [0.15, 0.2) is 60.7 Å². The molecule has 154 valence electrons. The van der Waals surface area contributed by atoms with E-state index in [4.69, 9.17) is 4.74 Å². The van der Waals surface area contributed by atoms with Crippen molar-refractivity contribution in [3.05, 3.63) is 77.9 Å². The fourth-order valence-corrected chi connectivity index (χ4v) is 3.18. The Morgan fingerprint density at radius 3 is 2.40 bits per heavy atom. The number of aromatic nitrogens is 1. The molecule has 4 aromatic rings. The first-order valence-corrected chi connectivity index (χ1v) is 8.85. The second kappa shape index (κ2) is 7.37. The first-order valence-electron chi connectivity index (χ1n) is 8.85. The molecule has 0 saturated heterocycles. The third-order valence-corrected chi connectivity index (χ3v) is 4.64. The quantitative estimate of drug-likeness (QED) is 0.354. The van der Waals surface area contributed by atoms with Gasteiger partial charge in [-0.25, -0.2) is 8.78 Å². The predicted octanol–water partition coefficient (Wildman–Crippen LogP) is 6.88. The Balaban J connectivity index is 1.73. The van der Waals surface area contributed by atoms with Gasteiger partial charge in [0.25, 0.3) is 0 Å². The van der Waals surface area contributed by atoms with Crippen LogP contribution in [0, 0.1) is 11.6 Å². The Bertz CT molecular complexity index is 1190. The van der Waals surface area contributed by atoms with E-state index in [-0.39, 0.29) is 5.69 Å². The molecule has 1 aromatic heterocycles. The van der Waals surface area contributed by atoms with Crippen molar-refractivity contribution >= 4 is 22.3 Å². The van der Waals surface area contributed by atoms with Crippen LogP contribution in [0.5, 0.6) is 5.75 Å². The molecule has 0 spiro atoms. The molecular weight excluding hydrogens is 403 g/mol. The van der Waals surface area contributed by atoms with Crippen LogP contribution in [0.2, 0.25) is 0 Å². The molecule has 0 bridgehead atoms. The third-order valence-electron chi connectivity index (χ3n) is 4.64. The normalized spacial score (nSPS) is 11.7. The summed E-state index contributed by atoms with van der Waals surface area (Å²) in [6, 6.07) is 13.7. The monoisotopic (exact) mass is 418 g/mol. The number of rotatable bonds is 4. The molecule has 0 unspecified atom stereocenters. The molecule has 0 radical (unpaired) electrons. The van der Waals surface area contributed by atoms with E-state index in [9.17, 15) is 22.0 Å². The second-order valence-electron chi connectivity index (χ2n) is 6.66. The summed E-state index contributed by atoms with van der Waals surface area (Å²) in [6.45, 7) is 0. The fraction of sp³-hybridized carbons (Fsp3) is 0.0909. The van der Waals surface area contributed by atoms with Crippen molar-refractivity contribution in [3.63, 3.8) is 0 Å². The van der Waals surface area contributed by atoms with E-state index in [2.05, 4.69) is 10.3 Å². The number of benzene rings is 3. The number of halogens is 5. The first kappa shape index (κ1) is 19.8. The van der Waals surface area contributed by atoms with E-state index < -0.39 is 23.4 Å². The maximum atomic E-state index is 13.5. The summed E-state index contributed by atoms with van der Waals surface area (Å²) in [5.41, 5.74) is 1.56. The van der Waals surface area contributed by atoms with Gasteiger partial charge in [0.15, 0.2) is 11.6 Å². The minimum atomic E-state index is -4.46. The number of anilines is 2. The third kappa shape index (κ3) is 3.80. The maximum absolute atomic E-state index is 13.5. The summed E-state index contributed by atoms with van der Waals surface area (Å²) in [4.78, 5) is 3.01. The standard InChI is InChI=1S/C22H15F5N2O/c1-30-21-6-5-12(18-9-13-7-16(23)17(24)11-19(13)29-18)8-20(21)28-15-4-2-3-14(10-15)22(25,26)27/h2-11,28-29H,1H3. The molecule has 0 atom stereocenters. The summed E-state index contributed by atoms with van der Waals surface area (Å²) < 4.78 is 71.2. The van der Waals surface area contributed by atoms with Crippen LogP contribution < -0.4 is 10.1 Å². The largest absolute Gasteiger partial charge is 0.495 e. The van der Waals surface area contributed by atoms with Gasteiger partial charge in [-0.2, -0.15) is 13.2 Å². The summed E-state index contributed by atoms with van der Waals surface area (Å²) in [5, 5.41) is 3.43. The van der Waals surface area contributed by atoms with Crippen LogP contribution in [0.1, 0.15) is 5.56 Å². The summed E-state index contributed by atoms with van der Waals surface area (Å²) in [6.07, 6.45) is -4.46. The number of ether oxygens (including phenoxy) is 1. The van der Waals surface area contributed by atoms with E-state index in [0.717, 1.165) is 24.3 Å². The first-order chi connectivity index (χ1) is 14.2. The number of methoxy groups -OCH3 is 1. The molecule has 0 saturated carbocycles. The highest BCUT2D eigenvalue weighted by molar-refractivity contribution is 5.87. The number of hydrogen-bond donors (Lipinski definition) is 2. The average molecular weight is 418 g/mol. The number of aromatic amines is 1. The zero-order valence-electron chi connectivity index (χ0n) is 15.6. The minimum Gasteiger partial charge on any atom is -0.495 e. The maximum Gasteiger partial charge on any atom is 0.416 e. The number of nitrogens with one attached hydrogen (secondary N) is 2. The lowest BCUT2D eigenvalue weighted by atomic mass is 10.1. The van der Waals surface area contributed by atoms with Crippen molar-refractivity contribution in [2.24, 2.45) is 0 Å². The number of hydrogen-bond acceptors (Lipinski definition) is 2. The minimum absolute atomic E-state index is 0.237. The topological polar surface area (TPSA) is 37.0 Å². The van der Waals surface area contributed by atoms with E-state index in [1.165, 1.54) is 19.2 Å². The summed E-state index contributed by atoms with van der Waals surface area (Å²) in [5.74, 6) is -1.49. The Morgan fingerprint density at radius 2 is 1.67 bits per heavy atom. The van der Waals surface area contributed by atoms with Gasteiger partial charge in [0.05, 0.1) is 18.4 Å². The van der Waals surface area contributed by atoms with Crippen LogP contribution in [-0.2, 0) is 6.18 Å². The van der Waals surface area contributed by atoms with Gasteiger partial charge in [-0.05, 0) is 48.5 Å². The molecule has 0 fully saturated rings. The van der Waals surface area contributed by atoms with Crippen molar-refractivity contribution in [1.29, 1.82) is 0 Å². The van der Waals surface area contributed by atoms with Crippen molar-refractivity contribution in [2.45, 2.75) is 6.18 Å². The van der Waals surface area contributed by atoms with Gasteiger partial charge in [0.2, 0.25) is 0 Å². The molecule has 30 heavy (non-hydrogen) atoms. The van der Waals surface area contributed by atoms with Crippen molar-refractivity contribution in [2.75, 3.05) is 12.4 Å². The van der Waals surface area contributed by atoms with Crippen molar-refractivity contribution in [3.8, 4) is 17.0 Å². The Kier molecular flexibility index (Phi) is 4.85. The summed E-state index contributed by atoms with van der Waals surface area (Å²) >= 11 is 0. The number of H-pyrrole nitrogens is 1. The van der Waals surface area contributed by atoms with Crippen LogP contribution in [-0.4, -0.2) is 12.1 Å². The van der Waals surface area contributed by atoms with E-state index >= 15 is 0 Å². The zero-order valence-corrected chi connectivity index (χ0v) is 15.6. The molecule has 3 aromatic carbocycles. The van der Waals surface area contributed by atoms with E-state index in [1.807, 2.05) is 0 Å². The molecule has 1 heterocycles. The van der Waals surface area contributed by atoms with E-state index in [1.54, 1.807) is 24.3 Å². The fourth-order valence-electron chi connectivity index (χ4n) is 3.18. The van der Waals surface area contributed by atoms with Gasteiger partial charge in [0.1, 0.15) is 5.75 Å². The molecule has 4 rings (SSSR count). The smallest absolute Gasteiger partial charge is 0.416 e. The molecule has 8 heteroatoms. The van der Waals surface area contributed by atoms with Gasteiger partial charge < -0.3 is 15.0 Å². The molecule has 0 amide bonds. The number of fused-ring (bicyclic) bond motifs is 1. The molecule has 0 aliphatic rings. The lowest BCUT2D eigenvalue weighted by Gasteiger charge is -2.14. The number of alkyl halides is 3. The SMILES string of the molecule is COc1ccc(-c2cc3cc(F)c(F)cc3[nH]2)cc1Nc1cccc(C(F)(F)F)c1. The second-order valence-corrected chi connectivity index (χ2v) is 6.66. The van der Waals surface area contributed by atoms with Crippen LogP contribution >= 0.6 is 0 Å². The Morgan fingerprint density at radius 1 is 0.900 bits per heavy atom. The Labute approximate surface area is 168 Å². The van der Waals surface area contributed by atoms with Gasteiger partial charge in [-0.3, -0.25) is 0 Å². The summed E-state index contributed by atoms with van der Waals surface area (Å²) in [7, 11) is 1.45. The molecule has 3 nitrogen and oxygen atoms in total. The van der Waals surface area contributed by atoms with Gasteiger partial charge in [-0.15, -0.1) is 0 Å². The van der Waals surface area contributed by atoms with Gasteiger partial charge >= 0.3 is 6.18 Å². The molecule has 2 N–H and O–H groups in total. The zero-order chi connectivity index (χ0) is 21.5. The lowest BCUT2D eigenvalue weighted by Crippen LogP contribution is -2.05. The van der Waals surface area contributed by atoms with Crippen molar-refractivity contribution in [1.82, 2.24) is 4.98 Å². The lowest BCUT2D eigenvalue weighted by molar-refractivity contribution is -0.137. The van der Waals surface area contributed by atoms with Crippen LogP contribution in [0.3, 0.4) is 0 Å². The van der Waals surface area contributed by atoms with Crippen LogP contribution in [0.4, 0.5) is 33.3 Å². The Hall–Kier alpha value is -3.55. The highest BCUT2D eigenvalue weighted by atomic mass is 19.4. The van der Waals surface area contributed by atoms with Gasteiger partial charge in [0, 0.05) is 33.9 Å². The van der Waals surface area contributed by atoms with E-state index in [0.29, 0.717) is 33.6 Å². The predicted molar refractivity (Wildman–Crippen MR) is 105 cm³/mol. The molecular formula is C22H15F5N2O. The molecule has 0 aliphatic carbocycles. The van der Waals surface area contributed by atoms with Gasteiger partial charge in [-0.1, -0.05) is 6.07 Å². The average Bonchev–Trinajstić information content (AvgIpc) is 3.10. The van der Waals surface area contributed by atoms with Crippen molar-refractivity contribution < 1.29 is 26.7 Å². The van der Waals surface area contributed by atoms with Crippen LogP contribution in [0.25, 0.3) is 22.2 Å². The molecule has 0 aliphatic heterocycles.